The number of aromatic nitrogens is 2. The first kappa shape index (κ1) is 14.9. The number of ether oxygens (including phenoxy) is 1. The molecule has 2 saturated heterocycles. The van der Waals surface area contributed by atoms with E-state index in [4.69, 9.17) is 9.26 Å². The third kappa shape index (κ3) is 3.42. The molecule has 1 aromatic heterocycles. The van der Waals surface area contributed by atoms with Crippen molar-refractivity contribution in [1.29, 1.82) is 0 Å². The van der Waals surface area contributed by atoms with Crippen molar-refractivity contribution in [2.45, 2.75) is 31.0 Å². The molecular weight excluding hydrogens is 270 g/mol. The maximum absolute atomic E-state index is 5.43. The Balaban J connectivity index is 1.60. The number of hydrogen-bond acceptors (Lipinski definition) is 7. The molecule has 0 spiro atoms. The lowest BCUT2D eigenvalue weighted by atomic mass is 10.1. The van der Waals surface area contributed by atoms with E-state index < -0.39 is 0 Å². The highest BCUT2D eigenvalue weighted by Crippen LogP contribution is 2.23. The zero-order valence-corrected chi connectivity index (χ0v) is 13.1. The van der Waals surface area contributed by atoms with Crippen molar-refractivity contribution in [2.24, 2.45) is 0 Å². The quantitative estimate of drug-likeness (QED) is 0.832. The van der Waals surface area contributed by atoms with Crippen LogP contribution >= 0.6 is 0 Å². The summed E-state index contributed by atoms with van der Waals surface area (Å²) in [7, 11) is 6.07. The summed E-state index contributed by atoms with van der Waals surface area (Å²) >= 11 is 0. The Labute approximate surface area is 125 Å². The summed E-state index contributed by atoms with van der Waals surface area (Å²) in [6, 6.07) is 0.584. The Kier molecular flexibility index (Phi) is 4.54. The SMILES string of the molecule is COC1CNC(c2nc(CC3CN(C)CCN3C)no2)C1. The molecule has 0 aromatic carbocycles. The molecule has 2 fully saturated rings. The van der Waals surface area contributed by atoms with Gasteiger partial charge in [0.15, 0.2) is 5.82 Å². The molecule has 3 heterocycles. The Bertz CT molecular complexity index is 466. The predicted molar refractivity (Wildman–Crippen MR) is 78.1 cm³/mol. The molecule has 7 heteroatoms. The topological polar surface area (TPSA) is 66.7 Å². The summed E-state index contributed by atoms with van der Waals surface area (Å²) < 4.78 is 10.8. The normalized spacial score (nSPS) is 31.9. The van der Waals surface area contributed by atoms with E-state index in [0.29, 0.717) is 11.9 Å². The molecule has 3 rings (SSSR count). The van der Waals surface area contributed by atoms with Gasteiger partial charge in [0.2, 0.25) is 5.89 Å². The maximum atomic E-state index is 5.43. The van der Waals surface area contributed by atoms with Gasteiger partial charge in [-0.3, -0.25) is 0 Å². The largest absolute Gasteiger partial charge is 0.380 e. The molecule has 0 radical (unpaired) electrons. The van der Waals surface area contributed by atoms with Crippen molar-refractivity contribution < 1.29 is 9.26 Å². The highest BCUT2D eigenvalue weighted by Gasteiger charge is 2.30. The van der Waals surface area contributed by atoms with Crippen molar-refractivity contribution in [2.75, 3.05) is 47.4 Å². The Hall–Kier alpha value is -1.02. The van der Waals surface area contributed by atoms with Gasteiger partial charge >= 0.3 is 0 Å². The van der Waals surface area contributed by atoms with E-state index in [2.05, 4.69) is 39.4 Å². The van der Waals surface area contributed by atoms with Crippen molar-refractivity contribution in [1.82, 2.24) is 25.3 Å². The molecular formula is C14H25N5O2. The van der Waals surface area contributed by atoms with Crippen molar-refractivity contribution >= 4 is 0 Å². The van der Waals surface area contributed by atoms with Crippen LogP contribution in [0.15, 0.2) is 4.52 Å². The van der Waals surface area contributed by atoms with Gasteiger partial charge in [-0.1, -0.05) is 5.16 Å². The zero-order chi connectivity index (χ0) is 14.8. The lowest BCUT2D eigenvalue weighted by molar-refractivity contribution is 0.113. The molecule has 2 aliphatic heterocycles. The first-order valence-corrected chi connectivity index (χ1v) is 7.63. The molecule has 118 valence electrons. The third-order valence-electron chi connectivity index (χ3n) is 4.60. The van der Waals surface area contributed by atoms with Gasteiger partial charge in [0.05, 0.1) is 12.1 Å². The molecule has 1 aromatic rings. The highest BCUT2D eigenvalue weighted by molar-refractivity contribution is 4.99. The van der Waals surface area contributed by atoms with Crippen LogP contribution in [0.1, 0.15) is 24.2 Å². The zero-order valence-electron chi connectivity index (χ0n) is 13.1. The standard InChI is InChI=1S/C14H25N5O2/c1-18-4-5-19(2)10(9-18)6-13-16-14(21-17-13)12-7-11(20-3)8-15-12/h10-12,15H,4-9H2,1-3H3. The smallest absolute Gasteiger partial charge is 0.243 e. The number of piperazine rings is 1. The van der Waals surface area contributed by atoms with E-state index in [0.717, 1.165) is 44.8 Å². The van der Waals surface area contributed by atoms with Crippen LogP contribution in [0.5, 0.6) is 0 Å². The minimum Gasteiger partial charge on any atom is -0.380 e. The highest BCUT2D eigenvalue weighted by atomic mass is 16.5. The van der Waals surface area contributed by atoms with Crippen LogP contribution in [0.4, 0.5) is 0 Å². The van der Waals surface area contributed by atoms with Gasteiger partial charge in [-0.15, -0.1) is 0 Å². The van der Waals surface area contributed by atoms with E-state index in [1.54, 1.807) is 7.11 Å². The van der Waals surface area contributed by atoms with Gasteiger partial charge in [0.25, 0.3) is 0 Å². The summed E-state index contributed by atoms with van der Waals surface area (Å²) in [5.41, 5.74) is 0. The average molecular weight is 295 g/mol. The second kappa shape index (κ2) is 6.39. The second-order valence-corrected chi connectivity index (χ2v) is 6.20. The Morgan fingerprint density at radius 1 is 1.38 bits per heavy atom. The monoisotopic (exact) mass is 295 g/mol. The van der Waals surface area contributed by atoms with Crippen molar-refractivity contribution in [3.05, 3.63) is 11.7 Å². The number of nitrogens with zero attached hydrogens (tertiary/aromatic N) is 4. The summed E-state index contributed by atoms with van der Waals surface area (Å²) in [5.74, 6) is 1.50. The molecule has 7 nitrogen and oxygen atoms in total. The first-order valence-electron chi connectivity index (χ1n) is 7.63. The number of hydrogen-bond donors (Lipinski definition) is 1. The van der Waals surface area contributed by atoms with Gasteiger partial charge < -0.3 is 24.4 Å². The molecule has 1 N–H and O–H groups in total. The number of likely N-dealkylation sites (N-methyl/N-ethyl adjacent to an activating group) is 2. The third-order valence-corrected chi connectivity index (χ3v) is 4.60. The van der Waals surface area contributed by atoms with Crippen LogP contribution < -0.4 is 5.32 Å². The second-order valence-electron chi connectivity index (χ2n) is 6.20. The number of nitrogens with one attached hydrogen (secondary N) is 1. The predicted octanol–water partition coefficient (Wildman–Crippen LogP) is -0.0927. The fourth-order valence-electron chi connectivity index (χ4n) is 3.10. The lowest BCUT2D eigenvalue weighted by Crippen LogP contribution is -2.50. The molecule has 2 aliphatic rings. The summed E-state index contributed by atoms with van der Waals surface area (Å²) in [6.45, 7) is 4.10. The first-order chi connectivity index (χ1) is 10.2. The Morgan fingerprint density at radius 3 is 3.00 bits per heavy atom. The molecule has 0 aliphatic carbocycles. The van der Waals surface area contributed by atoms with E-state index in [1.165, 1.54) is 0 Å². The minimum atomic E-state index is 0.128. The van der Waals surface area contributed by atoms with E-state index in [9.17, 15) is 0 Å². The van der Waals surface area contributed by atoms with Crippen LogP contribution in [-0.2, 0) is 11.2 Å². The van der Waals surface area contributed by atoms with Crippen LogP contribution in [0.3, 0.4) is 0 Å². The van der Waals surface area contributed by atoms with E-state index in [-0.39, 0.29) is 12.1 Å². The van der Waals surface area contributed by atoms with Crippen LogP contribution in [-0.4, -0.2) is 79.5 Å². The minimum absolute atomic E-state index is 0.128. The van der Waals surface area contributed by atoms with Crippen molar-refractivity contribution in [3.8, 4) is 0 Å². The van der Waals surface area contributed by atoms with Crippen molar-refractivity contribution in [3.63, 3.8) is 0 Å². The van der Waals surface area contributed by atoms with Gasteiger partial charge in [-0.25, -0.2) is 0 Å². The average Bonchev–Trinajstić information content (AvgIpc) is 3.11. The fourth-order valence-corrected chi connectivity index (χ4v) is 3.10. The molecule has 0 amide bonds. The van der Waals surface area contributed by atoms with E-state index in [1.807, 2.05) is 0 Å². The van der Waals surface area contributed by atoms with Crippen LogP contribution in [0, 0.1) is 0 Å². The summed E-state index contributed by atoms with van der Waals surface area (Å²) in [6.07, 6.45) is 1.97. The lowest BCUT2D eigenvalue weighted by Gasteiger charge is -2.37. The molecule has 0 saturated carbocycles. The molecule has 3 unspecified atom stereocenters. The Morgan fingerprint density at radius 2 is 2.24 bits per heavy atom. The van der Waals surface area contributed by atoms with Crippen LogP contribution in [0.2, 0.25) is 0 Å². The fraction of sp³-hybridized carbons (Fsp3) is 0.857. The van der Waals surface area contributed by atoms with Gasteiger partial charge in [-0.05, 0) is 20.5 Å². The maximum Gasteiger partial charge on any atom is 0.243 e. The molecule has 3 atom stereocenters. The van der Waals surface area contributed by atoms with Gasteiger partial charge in [0, 0.05) is 45.8 Å². The summed E-state index contributed by atoms with van der Waals surface area (Å²) in [4.78, 5) is 9.31. The number of methoxy groups -OCH3 is 1. The molecule has 21 heavy (non-hydrogen) atoms. The number of rotatable bonds is 4. The van der Waals surface area contributed by atoms with Crippen LogP contribution in [0.25, 0.3) is 0 Å². The van der Waals surface area contributed by atoms with E-state index >= 15 is 0 Å². The molecule has 0 bridgehead atoms. The van der Waals surface area contributed by atoms with Gasteiger partial charge in [0.1, 0.15) is 0 Å². The van der Waals surface area contributed by atoms with Gasteiger partial charge in [-0.2, -0.15) is 4.98 Å². The summed E-state index contributed by atoms with van der Waals surface area (Å²) in [5, 5.41) is 7.52.